The van der Waals surface area contributed by atoms with Gasteiger partial charge in [0.2, 0.25) is 0 Å². The first-order valence-electron chi connectivity index (χ1n) is 7.10. The molecule has 1 aromatic carbocycles. The third-order valence-electron chi connectivity index (χ3n) is 4.31. The maximum absolute atomic E-state index is 13.5. The molecule has 18 heavy (non-hydrogen) atoms. The molecule has 0 bridgehead atoms. The lowest BCUT2D eigenvalue weighted by Gasteiger charge is -2.38. The average Bonchev–Trinajstić information content (AvgIpc) is 2.31. The van der Waals surface area contributed by atoms with E-state index in [0.717, 1.165) is 29.9 Å². The molecule has 0 atom stereocenters. The van der Waals surface area contributed by atoms with E-state index < -0.39 is 0 Å². The lowest BCUT2D eigenvalue weighted by molar-refractivity contribution is 0.226. The molecule has 1 aromatic rings. The second-order valence-electron chi connectivity index (χ2n) is 5.91. The molecule has 2 N–H and O–H groups in total. The Hall–Kier alpha value is -0.890. The highest BCUT2D eigenvalue weighted by atomic mass is 19.1. The van der Waals surface area contributed by atoms with Gasteiger partial charge in [-0.2, -0.15) is 0 Å². The minimum absolute atomic E-state index is 0.162. The molecule has 1 aliphatic carbocycles. The van der Waals surface area contributed by atoms with Crippen LogP contribution in [0.15, 0.2) is 18.2 Å². The standard InChI is InChI=1S/C16H24FN/c1-3-4-13-5-7-16(18,8-6-13)14-9-12(2)10-15(17)11-14/h9-11,13H,3-8,18H2,1-2H3. The van der Waals surface area contributed by atoms with E-state index in [9.17, 15) is 4.39 Å². The number of benzene rings is 1. The first-order valence-corrected chi connectivity index (χ1v) is 7.10. The summed E-state index contributed by atoms with van der Waals surface area (Å²) in [6.45, 7) is 4.17. The quantitative estimate of drug-likeness (QED) is 0.850. The number of halogens is 1. The fraction of sp³-hybridized carbons (Fsp3) is 0.625. The molecule has 1 aliphatic rings. The summed E-state index contributed by atoms with van der Waals surface area (Å²) in [5, 5.41) is 0. The Morgan fingerprint density at radius 3 is 2.50 bits per heavy atom. The van der Waals surface area contributed by atoms with E-state index in [4.69, 9.17) is 5.73 Å². The Morgan fingerprint density at radius 2 is 1.94 bits per heavy atom. The summed E-state index contributed by atoms with van der Waals surface area (Å²) < 4.78 is 13.5. The zero-order valence-electron chi connectivity index (χ0n) is 11.5. The van der Waals surface area contributed by atoms with E-state index in [1.54, 1.807) is 12.1 Å². The van der Waals surface area contributed by atoms with Gasteiger partial charge < -0.3 is 5.73 Å². The van der Waals surface area contributed by atoms with Gasteiger partial charge in [-0.25, -0.2) is 4.39 Å². The highest BCUT2D eigenvalue weighted by Crippen LogP contribution is 2.39. The molecule has 0 radical (unpaired) electrons. The van der Waals surface area contributed by atoms with Crippen LogP contribution >= 0.6 is 0 Å². The Bertz CT molecular complexity index is 385. The van der Waals surface area contributed by atoms with Gasteiger partial charge in [0.15, 0.2) is 0 Å². The van der Waals surface area contributed by atoms with Crippen LogP contribution in [0, 0.1) is 18.7 Å². The second kappa shape index (κ2) is 5.40. The maximum Gasteiger partial charge on any atom is 0.123 e. The zero-order valence-corrected chi connectivity index (χ0v) is 11.5. The molecule has 1 saturated carbocycles. The van der Waals surface area contributed by atoms with Crippen molar-refractivity contribution in [2.75, 3.05) is 0 Å². The van der Waals surface area contributed by atoms with Crippen LogP contribution in [0.3, 0.4) is 0 Å². The van der Waals surface area contributed by atoms with Crippen LogP contribution in [0.25, 0.3) is 0 Å². The van der Waals surface area contributed by atoms with Crippen LogP contribution in [-0.4, -0.2) is 0 Å². The van der Waals surface area contributed by atoms with Gasteiger partial charge in [-0.1, -0.05) is 25.8 Å². The van der Waals surface area contributed by atoms with Gasteiger partial charge >= 0.3 is 0 Å². The lowest BCUT2D eigenvalue weighted by atomic mass is 9.72. The van der Waals surface area contributed by atoms with Crippen LogP contribution in [0.1, 0.15) is 56.6 Å². The predicted octanol–water partition coefficient (Wildman–Crippen LogP) is 4.28. The van der Waals surface area contributed by atoms with Crippen molar-refractivity contribution in [2.24, 2.45) is 11.7 Å². The van der Waals surface area contributed by atoms with Gasteiger partial charge in [-0.15, -0.1) is 0 Å². The monoisotopic (exact) mass is 249 g/mol. The average molecular weight is 249 g/mol. The van der Waals surface area contributed by atoms with Crippen molar-refractivity contribution in [3.63, 3.8) is 0 Å². The first kappa shape index (κ1) is 13.5. The van der Waals surface area contributed by atoms with Gasteiger partial charge in [0, 0.05) is 5.54 Å². The van der Waals surface area contributed by atoms with E-state index in [-0.39, 0.29) is 11.4 Å². The van der Waals surface area contributed by atoms with E-state index >= 15 is 0 Å². The molecule has 0 amide bonds. The number of nitrogens with two attached hydrogens (primary N) is 1. The molecular formula is C16H24FN. The van der Waals surface area contributed by atoms with Crippen LogP contribution < -0.4 is 5.73 Å². The number of aryl methyl sites for hydroxylation is 1. The topological polar surface area (TPSA) is 26.0 Å². The SMILES string of the molecule is CCCC1CCC(N)(c2cc(C)cc(F)c2)CC1. The second-order valence-corrected chi connectivity index (χ2v) is 5.91. The lowest BCUT2D eigenvalue weighted by Crippen LogP contribution is -2.40. The highest BCUT2D eigenvalue weighted by Gasteiger charge is 2.33. The van der Waals surface area contributed by atoms with E-state index in [1.165, 1.54) is 25.7 Å². The van der Waals surface area contributed by atoms with Crippen molar-refractivity contribution in [1.29, 1.82) is 0 Å². The molecule has 2 heteroatoms. The van der Waals surface area contributed by atoms with E-state index in [0.29, 0.717) is 0 Å². The smallest absolute Gasteiger partial charge is 0.123 e. The third-order valence-corrected chi connectivity index (χ3v) is 4.31. The van der Waals surface area contributed by atoms with Crippen molar-refractivity contribution in [1.82, 2.24) is 0 Å². The van der Waals surface area contributed by atoms with Crippen molar-refractivity contribution in [3.8, 4) is 0 Å². The van der Waals surface area contributed by atoms with Crippen molar-refractivity contribution >= 4 is 0 Å². The molecule has 0 spiro atoms. The molecule has 0 heterocycles. The summed E-state index contributed by atoms with van der Waals surface area (Å²) in [6.07, 6.45) is 6.89. The van der Waals surface area contributed by atoms with Crippen molar-refractivity contribution in [2.45, 2.75) is 57.9 Å². The zero-order chi connectivity index (χ0) is 13.2. The number of rotatable bonds is 3. The minimum Gasteiger partial charge on any atom is -0.321 e. The van der Waals surface area contributed by atoms with E-state index in [2.05, 4.69) is 6.92 Å². The van der Waals surface area contributed by atoms with Gasteiger partial charge in [0.25, 0.3) is 0 Å². The van der Waals surface area contributed by atoms with Crippen molar-refractivity contribution in [3.05, 3.63) is 35.1 Å². The molecule has 0 saturated heterocycles. The summed E-state index contributed by atoms with van der Waals surface area (Å²) >= 11 is 0. The van der Waals surface area contributed by atoms with Gasteiger partial charge in [-0.3, -0.25) is 0 Å². The Labute approximate surface area is 110 Å². The molecule has 1 fully saturated rings. The summed E-state index contributed by atoms with van der Waals surface area (Å²) in [5.74, 6) is 0.659. The van der Waals surface area contributed by atoms with Gasteiger partial charge in [0.05, 0.1) is 0 Å². The molecule has 1 nitrogen and oxygen atoms in total. The Balaban J connectivity index is 2.13. The fourth-order valence-electron chi connectivity index (χ4n) is 3.20. The Kier molecular flexibility index (Phi) is 4.06. The summed E-state index contributed by atoms with van der Waals surface area (Å²) in [4.78, 5) is 0. The van der Waals surface area contributed by atoms with Crippen LogP contribution in [-0.2, 0) is 5.54 Å². The van der Waals surface area contributed by atoms with E-state index in [1.807, 2.05) is 13.0 Å². The first-order chi connectivity index (χ1) is 8.53. The van der Waals surface area contributed by atoms with Gasteiger partial charge in [0.1, 0.15) is 5.82 Å². The van der Waals surface area contributed by atoms with Crippen LogP contribution in [0.2, 0.25) is 0 Å². The maximum atomic E-state index is 13.5. The highest BCUT2D eigenvalue weighted by molar-refractivity contribution is 5.30. The largest absolute Gasteiger partial charge is 0.321 e. The van der Waals surface area contributed by atoms with Crippen LogP contribution in [0.5, 0.6) is 0 Å². The number of hydrogen-bond acceptors (Lipinski definition) is 1. The summed E-state index contributed by atoms with van der Waals surface area (Å²) in [5.41, 5.74) is 8.15. The summed E-state index contributed by atoms with van der Waals surface area (Å²) in [7, 11) is 0. The molecule has 0 aromatic heterocycles. The minimum atomic E-state index is -0.308. The molecule has 0 unspecified atom stereocenters. The summed E-state index contributed by atoms with van der Waals surface area (Å²) in [6, 6.07) is 5.23. The van der Waals surface area contributed by atoms with Gasteiger partial charge in [-0.05, 0) is 61.8 Å². The molecule has 0 aliphatic heterocycles. The predicted molar refractivity (Wildman–Crippen MR) is 73.9 cm³/mol. The van der Waals surface area contributed by atoms with Crippen LogP contribution in [0.4, 0.5) is 4.39 Å². The fourth-order valence-corrected chi connectivity index (χ4v) is 3.20. The normalized spacial score (nSPS) is 28.3. The molecule has 100 valence electrons. The Morgan fingerprint density at radius 1 is 1.28 bits per heavy atom. The van der Waals surface area contributed by atoms with Crippen molar-refractivity contribution < 1.29 is 4.39 Å². The number of hydrogen-bond donors (Lipinski definition) is 1. The molecule has 2 rings (SSSR count). The third kappa shape index (κ3) is 2.92. The molecular weight excluding hydrogens is 225 g/mol.